The van der Waals surface area contributed by atoms with E-state index in [1.807, 2.05) is 30.3 Å². The van der Waals surface area contributed by atoms with Gasteiger partial charge in [0, 0.05) is 13.3 Å². The number of hydrogen-bond donors (Lipinski definition) is 1. The van der Waals surface area contributed by atoms with Crippen LogP contribution in [0.1, 0.15) is 13.9 Å². The number of hydrogen-bond acceptors (Lipinski definition) is 3. The van der Waals surface area contributed by atoms with Crippen molar-refractivity contribution in [3.05, 3.63) is 48.0 Å². The van der Waals surface area contributed by atoms with Crippen molar-refractivity contribution >= 4 is 22.6 Å². The molecule has 0 aromatic heterocycles. The molecule has 0 saturated heterocycles. The van der Waals surface area contributed by atoms with E-state index in [4.69, 9.17) is 6.11 Å². The van der Waals surface area contributed by atoms with E-state index in [1.165, 1.54) is 14.0 Å². The predicted molar refractivity (Wildman–Crippen MR) is 77.3 cm³/mol. The molecule has 104 valence electrons. The van der Waals surface area contributed by atoms with Crippen LogP contribution in [0.25, 0.3) is 10.8 Å². The molecule has 1 atom stereocenters. The molecule has 0 bridgehead atoms. The number of carbonyl (C=O) groups excluding carboxylic acids is 2. The topological polar surface area (TPSA) is 55.4 Å². The lowest BCUT2D eigenvalue weighted by atomic mass is 9.99. The van der Waals surface area contributed by atoms with Gasteiger partial charge in [0.25, 0.3) is 0 Å². The van der Waals surface area contributed by atoms with E-state index in [1.54, 1.807) is 6.07 Å². The van der Waals surface area contributed by atoms with Gasteiger partial charge in [-0.15, -0.1) is 0 Å². The Bertz CT molecular complexity index is 684. The van der Waals surface area contributed by atoms with Crippen LogP contribution in [-0.2, 0) is 20.7 Å². The fourth-order valence-electron chi connectivity index (χ4n) is 2.18. The van der Waals surface area contributed by atoms with Crippen LogP contribution in [0.3, 0.4) is 0 Å². The highest BCUT2D eigenvalue weighted by Gasteiger charge is 2.21. The van der Waals surface area contributed by atoms with Gasteiger partial charge in [0.05, 0.1) is 8.48 Å². The van der Waals surface area contributed by atoms with Gasteiger partial charge in [-0.1, -0.05) is 42.4 Å². The van der Waals surface area contributed by atoms with Crippen LogP contribution in [0, 0.1) is 0 Å². The number of esters is 1. The second-order valence-electron chi connectivity index (χ2n) is 4.52. The van der Waals surface area contributed by atoms with Crippen LogP contribution < -0.4 is 5.32 Å². The summed E-state index contributed by atoms with van der Waals surface area (Å²) in [5, 5.41) is 4.48. The molecule has 0 radical (unpaired) electrons. The second kappa shape index (κ2) is 6.19. The van der Waals surface area contributed by atoms with Crippen LogP contribution >= 0.6 is 0 Å². The van der Waals surface area contributed by atoms with Crippen LogP contribution in [-0.4, -0.2) is 25.0 Å². The maximum Gasteiger partial charge on any atom is 0.328 e. The zero-order valence-corrected chi connectivity index (χ0v) is 11.5. The Hall–Kier alpha value is -2.36. The third-order valence-corrected chi connectivity index (χ3v) is 3.08. The first-order valence-electron chi connectivity index (χ1n) is 6.85. The average Bonchev–Trinajstić information content (AvgIpc) is 2.48. The smallest absolute Gasteiger partial charge is 0.328 e. The third-order valence-electron chi connectivity index (χ3n) is 3.08. The number of fused-ring (bicyclic) bond motifs is 1. The first-order valence-corrected chi connectivity index (χ1v) is 6.35. The molecule has 1 N–H and O–H groups in total. The second-order valence-corrected chi connectivity index (χ2v) is 4.52. The molecule has 2 aromatic carbocycles. The Morgan fingerprint density at radius 2 is 2.00 bits per heavy atom. The molecule has 2 aromatic rings. The van der Waals surface area contributed by atoms with Crippen molar-refractivity contribution in [3.8, 4) is 0 Å². The zero-order chi connectivity index (χ0) is 15.4. The molecular formula is C16H17NO3. The Kier molecular flexibility index (Phi) is 3.92. The summed E-state index contributed by atoms with van der Waals surface area (Å²) >= 11 is 0. The van der Waals surface area contributed by atoms with E-state index in [2.05, 4.69) is 5.32 Å². The highest BCUT2D eigenvalue weighted by atomic mass is 16.5. The highest BCUT2D eigenvalue weighted by molar-refractivity contribution is 5.88. The predicted octanol–water partition coefficient (Wildman–Crippen LogP) is 2.06. The molecule has 2 rings (SSSR count). The van der Waals surface area contributed by atoms with E-state index in [0.29, 0.717) is 6.04 Å². The quantitative estimate of drug-likeness (QED) is 0.867. The lowest BCUT2D eigenvalue weighted by Gasteiger charge is -2.16. The summed E-state index contributed by atoms with van der Waals surface area (Å²) in [5.74, 6) is -0.824. The molecule has 0 aliphatic rings. The summed E-state index contributed by atoms with van der Waals surface area (Å²) < 4.78 is 12.8. The Labute approximate surface area is 119 Å². The summed E-state index contributed by atoms with van der Waals surface area (Å²) in [6.45, 7) is 1.35. The van der Waals surface area contributed by atoms with Gasteiger partial charge in [-0.25, -0.2) is 4.79 Å². The minimum absolute atomic E-state index is 0.229. The van der Waals surface area contributed by atoms with E-state index < -0.39 is 12.0 Å². The Morgan fingerprint density at radius 1 is 1.30 bits per heavy atom. The number of benzene rings is 2. The van der Waals surface area contributed by atoms with Gasteiger partial charge in [-0.05, 0) is 16.3 Å². The molecule has 0 spiro atoms. The van der Waals surface area contributed by atoms with Crippen molar-refractivity contribution in [2.24, 2.45) is 0 Å². The number of ether oxygens (including phenoxy) is 1. The molecular weight excluding hydrogens is 254 g/mol. The molecule has 1 amide bonds. The van der Waals surface area contributed by atoms with Gasteiger partial charge < -0.3 is 10.1 Å². The number of carbonyl (C=O) groups is 2. The van der Waals surface area contributed by atoms with Crippen molar-refractivity contribution in [1.82, 2.24) is 5.32 Å². The zero-order valence-electron chi connectivity index (χ0n) is 12.5. The number of nitrogens with one attached hydrogen (secondary N) is 1. The number of methoxy groups -OCH3 is 1. The summed E-state index contributed by atoms with van der Waals surface area (Å²) in [6.07, 6.45) is 0.229. The summed E-state index contributed by atoms with van der Waals surface area (Å²) in [6, 6.07) is 10.8. The van der Waals surface area contributed by atoms with Crippen molar-refractivity contribution < 1.29 is 15.7 Å². The van der Waals surface area contributed by atoms with E-state index in [-0.39, 0.29) is 12.3 Å². The molecule has 0 unspecified atom stereocenters. The van der Waals surface area contributed by atoms with Crippen LogP contribution in [0.2, 0.25) is 0 Å². The first kappa shape index (κ1) is 12.7. The maximum atomic E-state index is 11.8. The average molecular weight is 272 g/mol. The minimum atomic E-state index is -0.789. The lowest BCUT2D eigenvalue weighted by molar-refractivity contribution is -0.144. The molecule has 20 heavy (non-hydrogen) atoms. The SMILES string of the molecule is [2H]c1ccc2ccccc2c1C[C@H](NC(C)=O)C(=O)OC. The first-order chi connectivity index (χ1) is 10.0. The summed E-state index contributed by atoms with van der Waals surface area (Å²) in [7, 11) is 1.28. The van der Waals surface area contributed by atoms with E-state index >= 15 is 0 Å². The summed E-state index contributed by atoms with van der Waals surface area (Å²) in [4.78, 5) is 23.0. The minimum Gasteiger partial charge on any atom is -0.467 e. The summed E-state index contributed by atoms with van der Waals surface area (Å²) in [5.41, 5.74) is 0.720. The maximum absolute atomic E-state index is 11.8. The molecule has 0 fully saturated rings. The van der Waals surface area contributed by atoms with Crippen molar-refractivity contribution in [3.63, 3.8) is 0 Å². The van der Waals surface area contributed by atoms with Crippen LogP contribution in [0.4, 0.5) is 0 Å². The van der Waals surface area contributed by atoms with E-state index in [0.717, 1.165) is 16.3 Å². The van der Waals surface area contributed by atoms with Gasteiger partial charge in [-0.3, -0.25) is 4.79 Å². The largest absolute Gasteiger partial charge is 0.467 e. The standard InChI is InChI=1S/C16H17NO3/c1-11(18)17-15(16(19)20-2)10-13-8-5-7-12-6-3-4-9-14(12)13/h3-9,15H,10H2,1-2H3,(H,17,18)/t15-/m0/s1/i8D. The Balaban J connectivity index is 2.42. The molecule has 4 nitrogen and oxygen atoms in total. The fourth-order valence-corrected chi connectivity index (χ4v) is 2.18. The molecule has 0 aliphatic carbocycles. The van der Waals surface area contributed by atoms with Gasteiger partial charge in [-0.2, -0.15) is 0 Å². The lowest BCUT2D eigenvalue weighted by Crippen LogP contribution is -2.42. The normalized spacial score (nSPS) is 12.6. The molecule has 4 heteroatoms. The van der Waals surface area contributed by atoms with Crippen molar-refractivity contribution in [1.29, 1.82) is 0 Å². The van der Waals surface area contributed by atoms with Crippen molar-refractivity contribution in [2.45, 2.75) is 19.4 Å². The molecule has 0 saturated carbocycles. The monoisotopic (exact) mass is 272 g/mol. The molecule has 0 aliphatic heterocycles. The van der Waals surface area contributed by atoms with Gasteiger partial charge in [0.15, 0.2) is 0 Å². The van der Waals surface area contributed by atoms with Gasteiger partial charge in [0.2, 0.25) is 5.91 Å². The fraction of sp³-hybridized carbons (Fsp3) is 0.250. The number of amides is 1. The van der Waals surface area contributed by atoms with E-state index in [9.17, 15) is 9.59 Å². The van der Waals surface area contributed by atoms with Gasteiger partial charge in [0.1, 0.15) is 6.04 Å². The van der Waals surface area contributed by atoms with Crippen LogP contribution in [0.5, 0.6) is 0 Å². The molecule has 0 heterocycles. The van der Waals surface area contributed by atoms with Gasteiger partial charge >= 0.3 is 5.97 Å². The Morgan fingerprint density at radius 3 is 2.70 bits per heavy atom. The van der Waals surface area contributed by atoms with Crippen LogP contribution in [0.15, 0.2) is 42.4 Å². The van der Waals surface area contributed by atoms with Crippen molar-refractivity contribution in [2.75, 3.05) is 7.11 Å². The highest BCUT2D eigenvalue weighted by Crippen LogP contribution is 2.20. The third kappa shape index (κ3) is 3.15. The number of rotatable bonds is 4.